The number of nitrogens with zero attached hydrogens (tertiary/aromatic N) is 3. The average molecular weight is 317 g/mol. The lowest BCUT2D eigenvalue weighted by Gasteiger charge is -2.25. The summed E-state index contributed by atoms with van der Waals surface area (Å²) in [5, 5.41) is 4.41. The molecule has 0 unspecified atom stereocenters. The van der Waals surface area contributed by atoms with Gasteiger partial charge in [0.2, 0.25) is 0 Å². The minimum absolute atomic E-state index is 0.146. The van der Waals surface area contributed by atoms with Crippen molar-refractivity contribution in [2.75, 3.05) is 13.2 Å². The Kier molecular flexibility index (Phi) is 5.08. The lowest BCUT2D eigenvalue weighted by atomic mass is 10.1. The van der Waals surface area contributed by atoms with Crippen molar-refractivity contribution in [3.63, 3.8) is 0 Å². The van der Waals surface area contributed by atoms with E-state index < -0.39 is 0 Å². The Balaban J connectivity index is 1.75. The van der Waals surface area contributed by atoms with Crippen LogP contribution in [0.15, 0.2) is 30.5 Å². The third kappa shape index (κ3) is 4.18. The molecule has 124 valence electrons. The normalized spacial score (nSPS) is 18.0. The lowest BCUT2D eigenvalue weighted by Crippen LogP contribution is -2.31. The van der Waals surface area contributed by atoms with Crippen LogP contribution in [-0.2, 0) is 24.9 Å². The molecule has 1 atom stereocenters. The summed E-state index contributed by atoms with van der Waals surface area (Å²) in [6.45, 7) is 5.02. The Morgan fingerprint density at radius 2 is 2.09 bits per heavy atom. The van der Waals surface area contributed by atoms with Gasteiger partial charge in [0, 0.05) is 50.6 Å². The summed E-state index contributed by atoms with van der Waals surface area (Å²) in [4.78, 5) is 2.26. The molecule has 2 aromatic rings. The predicted molar refractivity (Wildman–Crippen MR) is 87.4 cm³/mol. The van der Waals surface area contributed by atoms with E-state index in [0.717, 1.165) is 43.8 Å². The smallest absolute Gasteiger partial charge is 0.127 e. The highest BCUT2D eigenvalue weighted by Gasteiger charge is 2.21. The van der Waals surface area contributed by atoms with Gasteiger partial charge in [-0.15, -0.1) is 0 Å². The lowest BCUT2D eigenvalue weighted by molar-refractivity contribution is 0.0674. The van der Waals surface area contributed by atoms with Crippen LogP contribution in [0.4, 0.5) is 4.39 Å². The van der Waals surface area contributed by atoms with Crippen molar-refractivity contribution >= 4 is 0 Å². The molecule has 2 heterocycles. The Morgan fingerprint density at radius 1 is 1.30 bits per heavy atom. The summed E-state index contributed by atoms with van der Waals surface area (Å²) in [5.74, 6) is -0.146. The number of halogens is 1. The molecule has 1 aromatic heterocycles. The average Bonchev–Trinajstić information content (AvgIpc) is 3.12. The van der Waals surface area contributed by atoms with Gasteiger partial charge in [0.25, 0.3) is 0 Å². The Bertz CT molecular complexity index is 649. The van der Waals surface area contributed by atoms with Crippen molar-refractivity contribution in [2.24, 2.45) is 7.05 Å². The summed E-state index contributed by atoms with van der Waals surface area (Å²) >= 11 is 0. The molecule has 1 fully saturated rings. The quantitative estimate of drug-likeness (QED) is 0.820. The van der Waals surface area contributed by atoms with Crippen LogP contribution in [0.2, 0.25) is 0 Å². The standard InChI is InChI=1S/C18H24FN3O/c1-14-16(10-21(2)20-14)12-22(13-17-7-5-9-23-17)11-15-6-3-4-8-18(15)19/h3-4,6,8,10,17H,5,7,9,11-13H2,1-2H3/t17-/m0/s1. The zero-order chi connectivity index (χ0) is 16.2. The summed E-state index contributed by atoms with van der Waals surface area (Å²) in [5.41, 5.74) is 2.94. The van der Waals surface area contributed by atoms with Gasteiger partial charge in [-0.25, -0.2) is 4.39 Å². The Hall–Kier alpha value is -1.72. The number of hydrogen-bond acceptors (Lipinski definition) is 3. The highest BCUT2D eigenvalue weighted by Crippen LogP contribution is 2.19. The number of rotatable bonds is 6. The van der Waals surface area contributed by atoms with Gasteiger partial charge < -0.3 is 4.74 Å². The molecular weight excluding hydrogens is 293 g/mol. The summed E-state index contributed by atoms with van der Waals surface area (Å²) in [6, 6.07) is 7.00. The van der Waals surface area contributed by atoms with Crippen LogP contribution in [0.1, 0.15) is 29.7 Å². The summed E-state index contributed by atoms with van der Waals surface area (Å²) < 4.78 is 21.6. The molecular formula is C18H24FN3O. The largest absolute Gasteiger partial charge is 0.377 e. The first-order valence-corrected chi connectivity index (χ1v) is 8.18. The summed E-state index contributed by atoms with van der Waals surface area (Å²) in [6.07, 6.45) is 4.49. The molecule has 0 saturated carbocycles. The fourth-order valence-electron chi connectivity index (χ4n) is 3.17. The van der Waals surface area contributed by atoms with Crippen LogP contribution in [0.3, 0.4) is 0 Å². The molecule has 4 nitrogen and oxygen atoms in total. The van der Waals surface area contributed by atoms with Gasteiger partial charge in [0.05, 0.1) is 11.8 Å². The van der Waals surface area contributed by atoms with Crippen LogP contribution in [0.5, 0.6) is 0 Å². The number of benzene rings is 1. The first-order valence-electron chi connectivity index (χ1n) is 8.18. The minimum atomic E-state index is -0.146. The molecule has 0 aliphatic carbocycles. The molecule has 1 saturated heterocycles. The third-order valence-corrected chi connectivity index (χ3v) is 4.35. The predicted octanol–water partition coefficient (Wildman–Crippen LogP) is 3.05. The Labute approximate surface area is 136 Å². The van der Waals surface area contributed by atoms with Crippen molar-refractivity contribution in [1.82, 2.24) is 14.7 Å². The number of ether oxygens (including phenoxy) is 1. The van der Waals surface area contributed by atoms with Crippen molar-refractivity contribution < 1.29 is 9.13 Å². The van der Waals surface area contributed by atoms with Crippen LogP contribution in [0, 0.1) is 12.7 Å². The topological polar surface area (TPSA) is 30.3 Å². The van der Waals surface area contributed by atoms with Gasteiger partial charge in [0.15, 0.2) is 0 Å². The van der Waals surface area contributed by atoms with Crippen molar-refractivity contribution in [3.05, 3.63) is 53.1 Å². The fraction of sp³-hybridized carbons (Fsp3) is 0.500. The van der Waals surface area contributed by atoms with Crippen LogP contribution in [0.25, 0.3) is 0 Å². The van der Waals surface area contributed by atoms with Gasteiger partial charge >= 0.3 is 0 Å². The molecule has 0 radical (unpaired) electrons. The zero-order valence-electron chi connectivity index (χ0n) is 13.8. The first-order chi connectivity index (χ1) is 11.1. The van der Waals surface area contributed by atoms with E-state index >= 15 is 0 Å². The number of aryl methyl sites for hydroxylation is 2. The van der Waals surface area contributed by atoms with E-state index in [4.69, 9.17) is 4.74 Å². The molecule has 1 aromatic carbocycles. The first kappa shape index (κ1) is 16.1. The summed E-state index contributed by atoms with van der Waals surface area (Å²) in [7, 11) is 1.93. The monoisotopic (exact) mass is 317 g/mol. The molecule has 3 rings (SSSR count). The van der Waals surface area contributed by atoms with Gasteiger partial charge in [-0.05, 0) is 25.8 Å². The van der Waals surface area contributed by atoms with Gasteiger partial charge in [0.1, 0.15) is 5.82 Å². The van der Waals surface area contributed by atoms with Crippen molar-refractivity contribution in [3.8, 4) is 0 Å². The highest BCUT2D eigenvalue weighted by molar-refractivity contribution is 5.19. The van der Waals surface area contributed by atoms with Crippen molar-refractivity contribution in [1.29, 1.82) is 0 Å². The highest BCUT2D eigenvalue weighted by atomic mass is 19.1. The van der Waals surface area contributed by atoms with Crippen molar-refractivity contribution in [2.45, 2.75) is 39.0 Å². The molecule has 0 bridgehead atoms. The maximum absolute atomic E-state index is 14.0. The van der Waals surface area contributed by atoms with Gasteiger partial charge in [-0.3, -0.25) is 9.58 Å². The van der Waals surface area contributed by atoms with Crippen LogP contribution < -0.4 is 0 Å². The third-order valence-electron chi connectivity index (χ3n) is 4.35. The zero-order valence-corrected chi connectivity index (χ0v) is 13.8. The second-order valence-electron chi connectivity index (χ2n) is 6.31. The van der Waals surface area contributed by atoms with E-state index in [2.05, 4.69) is 10.00 Å². The fourth-order valence-corrected chi connectivity index (χ4v) is 3.17. The SMILES string of the molecule is Cc1nn(C)cc1CN(Cc1ccccc1F)C[C@@H]1CCCO1. The second kappa shape index (κ2) is 7.23. The maximum atomic E-state index is 14.0. The second-order valence-corrected chi connectivity index (χ2v) is 6.31. The van der Waals surface area contributed by atoms with E-state index in [0.29, 0.717) is 6.54 Å². The molecule has 0 N–H and O–H groups in total. The number of hydrogen-bond donors (Lipinski definition) is 0. The number of aromatic nitrogens is 2. The maximum Gasteiger partial charge on any atom is 0.127 e. The Morgan fingerprint density at radius 3 is 2.74 bits per heavy atom. The van der Waals surface area contributed by atoms with Crippen LogP contribution in [-0.4, -0.2) is 33.9 Å². The van der Waals surface area contributed by atoms with E-state index in [1.165, 1.54) is 11.6 Å². The van der Waals surface area contributed by atoms with Gasteiger partial charge in [-0.2, -0.15) is 5.10 Å². The van der Waals surface area contributed by atoms with Gasteiger partial charge in [-0.1, -0.05) is 18.2 Å². The van der Waals surface area contributed by atoms with E-state index in [1.54, 1.807) is 6.07 Å². The molecule has 1 aliphatic rings. The molecule has 0 amide bonds. The van der Waals surface area contributed by atoms with E-state index in [1.807, 2.05) is 37.0 Å². The minimum Gasteiger partial charge on any atom is -0.377 e. The van der Waals surface area contributed by atoms with E-state index in [-0.39, 0.29) is 11.9 Å². The molecule has 5 heteroatoms. The van der Waals surface area contributed by atoms with E-state index in [9.17, 15) is 4.39 Å². The molecule has 1 aliphatic heterocycles. The molecule has 0 spiro atoms. The molecule has 23 heavy (non-hydrogen) atoms. The van der Waals surface area contributed by atoms with Crippen LogP contribution >= 0.6 is 0 Å².